The summed E-state index contributed by atoms with van der Waals surface area (Å²) in [5, 5.41) is 8.51. The summed E-state index contributed by atoms with van der Waals surface area (Å²) in [5.41, 5.74) is 2.56. The van der Waals surface area contributed by atoms with Gasteiger partial charge >= 0.3 is 0 Å². The smallest absolute Gasteiger partial charge is 0.272 e. The molecule has 3 amide bonds. The highest BCUT2D eigenvalue weighted by atomic mass is 35.5. The van der Waals surface area contributed by atoms with Crippen molar-refractivity contribution in [3.8, 4) is 0 Å². The second-order valence-electron chi connectivity index (χ2n) is 9.93. The van der Waals surface area contributed by atoms with Gasteiger partial charge in [-0.05, 0) is 83.9 Å². The monoisotopic (exact) mass is 669 g/mol. The Bertz CT molecular complexity index is 1870. The van der Waals surface area contributed by atoms with Crippen LogP contribution in [0.25, 0.3) is 6.08 Å². The summed E-state index contributed by atoms with van der Waals surface area (Å²) in [5.74, 6) is -1.74. The van der Waals surface area contributed by atoms with Gasteiger partial charge in [0, 0.05) is 21.2 Å². The van der Waals surface area contributed by atoms with E-state index in [1.807, 2.05) is 30.3 Å². The van der Waals surface area contributed by atoms with E-state index in [9.17, 15) is 18.8 Å². The molecule has 0 aliphatic rings. The van der Waals surface area contributed by atoms with Crippen LogP contribution >= 0.6 is 35.0 Å². The lowest BCUT2D eigenvalue weighted by atomic mass is 10.1. The Kier molecular flexibility index (Phi) is 10.9. The van der Waals surface area contributed by atoms with Gasteiger partial charge in [0.25, 0.3) is 11.8 Å². The molecule has 1 unspecified atom stereocenters. The molecule has 1 atom stereocenters. The Balaban J connectivity index is 1.33. The van der Waals surface area contributed by atoms with Gasteiger partial charge in [-0.1, -0.05) is 83.9 Å². The number of carbonyl (C=O) groups is 3. The van der Waals surface area contributed by atoms with Crippen molar-refractivity contribution in [2.75, 3.05) is 10.6 Å². The van der Waals surface area contributed by atoms with Gasteiger partial charge in [0.15, 0.2) is 0 Å². The number of anilines is 2. The molecule has 0 aliphatic heterocycles. The molecule has 46 heavy (non-hydrogen) atoms. The summed E-state index contributed by atoms with van der Waals surface area (Å²) in [6, 6.07) is 35.2. The molecule has 5 aromatic rings. The highest BCUT2D eigenvalue weighted by Gasteiger charge is 2.23. The van der Waals surface area contributed by atoms with E-state index in [2.05, 4.69) is 16.0 Å². The number of hydrogen-bond acceptors (Lipinski definition) is 4. The van der Waals surface area contributed by atoms with Crippen molar-refractivity contribution in [2.45, 2.75) is 10.1 Å². The zero-order valence-electron chi connectivity index (χ0n) is 24.0. The van der Waals surface area contributed by atoms with Crippen LogP contribution in [0.5, 0.6) is 0 Å². The average Bonchev–Trinajstić information content (AvgIpc) is 3.07. The Morgan fingerprint density at radius 3 is 2.04 bits per heavy atom. The molecule has 0 radical (unpaired) electrons. The van der Waals surface area contributed by atoms with Gasteiger partial charge in [0.1, 0.15) is 16.8 Å². The first-order chi connectivity index (χ1) is 22.2. The van der Waals surface area contributed by atoms with Crippen LogP contribution in [0, 0.1) is 5.82 Å². The maximum atomic E-state index is 13.5. The third-order valence-electron chi connectivity index (χ3n) is 6.61. The van der Waals surface area contributed by atoms with E-state index >= 15 is 0 Å². The van der Waals surface area contributed by atoms with E-state index in [4.69, 9.17) is 23.2 Å². The molecule has 0 fully saturated rings. The van der Waals surface area contributed by atoms with Gasteiger partial charge in [0.2, 0.25) is 5.91 Å². The Morgan fingerprint density at radius 2 is 1.39 bits per heavy atom. The summed E-state index contributed by atoms with van der Waals surface area (Å²) in [6.45, 7) is 0. The fourth-order valence-corrected chi connectivity index (χ4v) is 5.79. The summed E-state index contributed by atoms with van der Waals surface area (Å²) < 4.78 is 13.5. The molecule has 0 bridgehead atoms. The zero-order valence-corrected chi connectivity index (χ0v) is 26.4. The topological polar surface area (TPSA) is 87.3 Å². The van der Waals surface area contributed by atoms with Crippen LogP contribution in [-0.4, -0.2) is 17.7 Å². The standard InChI is InChI=1S/C36H26Cl2FN3O3S/c37-26-13-20-31(30(38)22-26)41-36(45)33(24-7-3-1-4-8-24)46-29-18-16-28(17-19-29)40-35(44)32(21-23-11-14-27(39)15-12-23)42-34(43)25-9-5-2-6-10-25/h1-22,33H,(H,40,44)(H,41,45)(H,42,43)/b32-21-. The Hall–Kier alpha value is -4.89. The lowest BCUT2D eigenvalue weighted by Crippen LogP contribution is -2.30. The predicted octanol–water partition coefficient (Wildman–Crippen LogP) is 9.01. The van der Waals surface area contributed by atoms with E-state index < -0.39 is 22.9 Å². The molecule has 0 aliphatic carbocycles. The van der Waals surface area contributed by atoms with E-state index in [1.54, 1.807) is 72.8 Å². The third kappa shape index (κ3) is 8.85. The molecule has 230 valence electrons. The minimum Gasteiger partial charge on any atom is -0.323 e. The van der Waals surface area contributed by atoms with Crippen LogP contribution in [0.4, 0.5) is 15.8 Å². The molecule has 5 rings (SSSR count). The lowest BCUT2D eigenvalue weighted by molar-refractivity contribution is -0.116. The number of benzene rings is 5. The first kappa shape index (κ1) is 32.5. The number of rotatable bonds is 10. The van der Waals surface area contributed by atoms with Gasteiger partial charge in [-0.25, -0.2) is 4.39 Å². The predicted molar refractivity (Wildman–Crippen MR) is 183 cm³/mol. The van der Waals surface area contributed by atoms with Crippen molar-refractivity contribution in [3.05, 3.63) is 166 Å². The van der Waals surface area contributed by atoms with Crippen LogP contribution in [-0.2, 0) is 9.59 Å². The van der Waals surface area contributed by atoms with Crippen molar-refractivity contribution < 1.29 is 18.8 Å². The third-order valence-corrected chi connectivity index (χ3v) is 8.42. The first-order valence-electron chi connectivity index (χ1n) is 14.0. The summed E-state index contributed by atoms with van der Waals surface area (Å²) in [7, 11) is 0. The average molecular weight is 671 g/mol. The molecule has 10 heteroatoms. The second kappa shape index (κ2) is 15.4. The number of halogens is 3. The van der Waals surface area contributed by atoms with Crippen LogP contribution in [0.2, 0.25) is 10.0 Å². The van der Waals surface area contributed by atoms with E-state index in [1.165, 1.54) is 42.1 Å². The minimum atomic E-state index is -0.619. The summed E-state index contributed by atoms with van der Waals surface area (Å²) in [4.78, 5) is 40.5. The SMILES string of the molecule is O=C(Nc1ccc(SC(C(=O)Nc2ccc(Cl)cc2Cl)c2ccccc2)cc1)/C(=C/c1ccc(F)cc1)NC(=O)c1ccccc1. The van der Waals surface area contributed by atoms with Crippen LogP contribution in [0.15, 0.2) is 138 Å². The van der Waals surface area contributed by atoms with E-state index in [-0.39, 0.29) is 11.6 Å². The van der Waals surface area contributed by atoms with Gasteiger partial charge in [-0.3, -0.25) is 14.4 Å². The second-order valence-corrected chi connectivity index (χ2v) is 12.0. The first-order valence-corrected chi connectivity index (χ1v) is 15.6. The molecule has 6 nitrogen and oxygen atoms in total. The molecule has 0 saturated carbocycles. The van der Waals surface area contributed by atoms with Crippen molar-refractivity contribution in [1.29, 1.82) is 0 Å². The number of amides is 3. The van der Waals surface area contributed by atoms with Gasteiger partial charge in [-0.2, -0.15) is 0 Å². The number of thioether (sulfide) groups is 1. The quantitative estimate of drug-likeness (QED) is 0.102. The highest BCUT2D eigenvalue weighted by Crippen LogP contribution is 2.37. The van der Waals surface area contributed by atoms with Crippen molar-refractivity contribution in [2.24, 2.45) is 0 Å². The number of carbonyl (C=O) groups excluding carboxylic acids is 3. The van der Waals surface area contributed by atoms with E-state index in [0.29, 0.717) is 32.5 Å². The summed E-state index contributed by atoms with van der Waals surface area (Å²) >= 11 is 13.6. The number of nitrogens with one attached hydrogen (secondary N) is 3. The lowest BCUT2D eigenvalue weighted by Gasteiger charge is -2.18. The molecule has 5 aromatic carbocycles. The minimum absolute atomic E-state index is 0.0272. The van der Waals surface area contributed by atoms with E-state index in [0.717, 1.165) is 10.5 Å². The Morgan fingerprint density at radius 1 is 0.739 bits per heavy atom. The maximum absolute atomic E-state index is 13.5. The Labute approximate surface area is 279 Å². The van der Waals surface area contributed by atoms with Gasteiger partial charge in [-0.15, -0.1) is 11.8 Å². The fourth-order valence-electron chi connectivity index (χ4n) is 4.31. The van der Waals surface area contributed by atoms with Crippen molar-refractivity contribution >= 4 is 70.1 Å². The largest absolute Gasteiger partial charge is 0.323 e. The molecule has 0 saturated heterocycles. The molecule has 3 N–H and O–H groups in total. The van der Waals surface area contributed by atoms with Crippen molar-refractivity contribution in [1.82, 2.24) is 5.32 Å². The normalized spacial score (nSPS) is 11.8. The zero-order chi connectivity index (χ0) is 32.5. The molecular formula is C36H26Cl2FN3O3S. The van der Waals surface area contributed by atoms with Crippen LogP contribution < -0.4 is 16.0 Å². The highest BCUT2D eigenvalue weighted by molar-refractivity contribution is 8.00. The number of hydrogen-bond donors (Lipinski definition) is 3. The molecule has 0 heterocycles. The molecule has 0 aromatic heterocycles. The maximum Gasteiger partial charge on any atom is 0.272 e. The summed E-state index contributed by atoms with van der Waals surface area (Å²) in [6.07, 6.45) is 1.47. The molecular weight excluding hydrogens is 644 g/mol. The van der Waals surface area contributed by atoms with Crippen LogP contribution in [0.1, 0.15) is 26.7 Å². The van der Waals surface area contributed by atoms with Gasteiger partial charge < -0.3 is 16.0 Å². The van der Waals surface area contributed by atoms with Gasteiger partial charge in [0.05, 0.1) is 10.7 Å². The van der Waals surface area contributed by atoms with Crippen molar-refractivity contribution in [3.63, 3.8) is 0 Å². The molecule has 0 spiro atoms. The van der Waals surface area contributed by atoms with Crippen LogP contribution in [0.3, 0.4) is 0 Å². The fraction of sp³-hybridized carbons (Fsp3) is 0.0278.